The number of rotatable bonds is 7. The van der Waals surface area contributed by atoms with Crippen molar-refractivity contribution >= 4 is 11.6 Å². The van der Waals surface area contributed by atoms with E-state index in [0.717, 1.165) is 19.4 Å². The van der Waals surface area contributed by atoms with Gasteiger partial charge in [-0.1, -0.05) is 61.5 Å². The standard InChI is InChI=1S/C19H23ClO/c1-3-18(16-7-5-4-6-8-16)19(20)17-11-9-15(10-12-17)13-14-21-2/h4-12,18-19H,3,13-14H2,1-2H3. The summed E-state index contributed by atoms with van der Waals surface area (Å²) < 4.78 is 5.11. The van der Waals surface area contributed by atoms with E-state index in [0.29, 0.717) is 5.92 Å². The summed E-state index contributed by atoms with van der Waals surface area (Å²) in [6.07, 6.45) is 1.98. The van der Waals surface area contributed by atoms with Gasteiger partial charge in [0.05, 0.1) is 12.0 Å². The monoisotopic (exact) mass is 302 g/mol. The molecule has 0 N–H and O–H groups in total. The van der Waals surface area contributed by atoms with Crippen LogP contribution in [0, 0.1) is 0 Å². The fourth-order valence-electron chi connectivity index (χ4n) is 2.63. The molecule has 21 heavy (non-hydrogen) atoms. The van der Waals surface area contributed by atoms with Gasteiger partial charge < -0.3 is 4.74 Å². The minimum Gasteiger partial charge on any atom is -0.384 e. The average Bonchev–Trinajstić information content (AvgIpc) is 2.55. The first-order chi connectivity index (χ1) is 10.3. The summed E-state index contributed by atoms with van der Waals surface area (Å²) in [6, 6.07) is 19.1. The number of ether oxygens (including phenoxy) is 1. The summed E-state index contributed by atoms with van der Waals surface area (Å²) in [6.45, 7) is 2.95. The molecule has 1 nitrogen and oxygen atoms in total. The highest BCUT2D eigenvalue weighted by molar-refractivity contribution is 6.21. The maximum Gasteiger partial charge on any atom is 0.0653 e. The molecule has 2 rings (SSSR count). The second-order valence-electron chi connectivity index (χ2n) is 5.31. The third-order valence-corrected chi connectivity index (χ3v) is 4.47. The van der Waals surface area contributed by atoms with Crippen molar-refractivity contribution in [2.24, 2.45) is 0 Å². The molecule has 2 aromatic rings. The van der Waals surface area contributed by atoms with Crippen LogP contribution in [0.4, 0.5) is 0 Å². The molecule has 0 bridgehead atoms. The Bertz CT molecular complexity index is 521. The molecular formula is C19H23ClO. The van der Waals surface area contributed by atoms with E-state index >= 15 is 0 Å². The van der Waals surface area contributed by atoms with Gasteiger partial charge in [0, 0.05) is 13.0 Å². The number of methoxy groups -OCH3 is 1. The van der Waals surface area contributed by atoms with E-state index in [1.54, 1.807) is 7.11 Å². The van der Waals surface area contributed by atoms with Crippen molar-refractivity contribution in [3.8, 4) is 0 Å². The van der Waals surface area contributed by atoms with E-state index in [2.05, 4.69) is 55.5 Å². The number of hydrogen-bond donors (Lipinski definition) is 0. The van der Waals surface area contributed by atoms with Gasteiger partial charge in [0.1, 0.15) is 0 Å². The summed E-state index contributed by atoms with van der Waals surface area (Å²) in [7, 11) is 1.73. The van der Waals surface area contributed by atoms with E-state index in [9.17, 15) is 0 Å². The van der Waals surface area contributed by atoms with Crippen molar-refractivity contribution in [3.05, 3.63) is 71.3 Å². The Morgan fingerprint density at radius 1 is 0.952 bits per heavy atom. The van der Waals surface area contributed by atoms with Gasteiger partial charge in [0.25, 0.3) is 0 Å². The third kappa shape index (κ3) is 4.33. The van der Waals surface area contributed by atoms with E-state index in [1.165, 1.54) is 16.7 Å². The van der Waals surface area contributed by atoms with Crippen LogP contribution in [0.2, 0.25) is 0 Å². The van der Waals surface area contributed by atoms with Crippen molar-refractivity contribution in [1.82, 2.24) is 0 Å². The smallest absolute Gasteiger partial charge is 0.0653 e. The maximum atomic E-state index is 6.74. The fraction of sp³-hybridized carbons (Fsp3) is 0.368. The molecule has 2 unspecified atom stereocenters. The predicted molar refractivity (Wildman–Crippen MR) is 90.1 cm³/mol. The average molecular weight is 303 g/mol. The van der Waals surface area contributed by atoms with Gasteiger partial charge in [-0.25, -0.2) is 0 Å². The SMILES string of the molecule is CCC(c1ccccc1)C(Cl)c1ccc(CCOC)cc1. The first kappa shape index (κ1) is 16.1. The lowest BCUT2D eigenvalue weighted by atomic mass is 9.89. The van der Waals surface area contributed by atoms with Gasteiger partial charge in [-0.3, -0.25) is 0 Å². The summed E-state index contributed by atoms with van der Waals surface area (Å²) in [5, 5.41) is 0.00822. The molecule has 0 heterocycles. The van der Waals surface area contributed by atoms with Crippen LogP contribution in [0.3, 0.4) is 0 Å². The van der Waals surface area contributed by atoms with Crippen molar-refractivity contribution < 1.29 is 4.74 Å². The van der Waals surface area contributed by atoms with Crippen LogP contribution in [0.5, 0.6) is 0 Å². The molecule has 0 radical (unpaired) electrons. The van der Waals surface area contributed by atoms with Gasteiger partial charge in [0.2, 0.25) is 0 Å². The quantitative estimate of drug-likeness (QED) is 0.627. The van der Waals surface area contributed by atoms with Crippen molar-refractivity contribution in [3.63, 3.8) is 0 Å². The van der Waals surface area contributed by atoms with Gasteiger partial charge in [-0.05, 0) is 29.5 Å². The molecule has 0 fully saturated rings. The lowest BCUT2D eigenvalue weighted by Gasteiger charge is -2.22. The molecule has 0 amide bonds. The highest BCUT2D eigenvalue weighted by Gasteiger charge is 2.20. The van der Waals surface area contributed by atoms with Crippen LogP contribution in [0.1, 0.15) is 41.3 Å². The Morgan fingerprint density at radius 2 is 1.62 bits per heavy atom. The number of halogens is 1. The zero-order valence-electron chi connectivity index (χ0n) is 12.8. The number of alkyl halides is 1. The van der Waals surface area contributed by atoms with E-state index in [4.69, 9.17) is 16.3 Å². The fourth-order valence-corrected chi connectivity index (χ4v) is 3.10. The van der Waals surface area contributed by atoms with Gasteiger partial charge in [-0.15, -0.1) is 11.6 Å². The molecule has 2 aromatic carbocycles. The van der Waals surface area contributed by atoms with E-state index < -0.39 is 0 Å². The normalized spacial score (nSPS) is 13.9. The summed E-state index contributed by atoms with van der Waals surface area (Å²) in [5.41, 5.74) is 3.79. The van der Waals surface area contributed by atoms with Crippen LogP contribution < -0.4 is 0 Å². The Balaban J connectivity index is 2.12. The van der Waals surface area contributed by atoms with Gasteiger partial charge >= 0.3 is 0 Å². The molecular weight excluding hydrogens is 280 g/mol. The molecule has 0 saturated heterocycles. The van der Waals surface area contributed by atoms with Crippen molar-refractivity contribution in [2.75, 3.05) is 13.7 Å². The van der Waals surface area contributed by atoms with Gasteiger partial charge in [0.15, 0.2) is 0 Å². The first-order valence-electron chi connectivity index (χ1n) is 7.53. The number of hydrogen-bond acceptors (Lipinski definition) is 1. The van der Waals surface area contributed by atoms with Crippen LogP contribution in [0.25, 0.3) is 0 Å². The second-order valence-corrected chi connectivity index (χ2v) is 5.78. The predicted octanol–water partition coefficient (Wildman–Crippen LogP) is 5.35. The van der Waals surface area contributed by atoms with Crippen LogP contribution in [-0.4, -0.2) is 13.7 Å². The first-order valence-corrected chi connectivity index (χ1v) is 7.96. The van der Waals surface area contributed by atoms with E-state index in [-0.39, 0.29) is 5.38 Å². The molecule has 0 spiro atoms. The second kappa shape index (κ2) is 8.21. The van der Waals surface area contributed by atoms with Crippen molar-refractivity contribution in [2.45, 2.75) is 31.1 Å². The van der Waals surface area contributed by atoms with Crippen LogP contribution >= 0.6 is 11.6 Å². The summed E-state index contributed by atoms with van der Waals surface area (Å²) in [5.74, 6) is 0.345. The molecule has 0 aliphatic carbocycles. The Kier molecular flexibility index (Phi) is 6.28. The zero-order valence-corrected chi connectivity index (χ0v) is 13.5. The zero-order chi connectivity index (χ0) is 15.1. The minimum absolute atomic E-state index is 0.00822. The summed E-state index contributed by atoms with van der Waals surface area (Å²) in [4.78, 5) is 0. The molecule has 2 heteroatoms. The summed E-state index contributed by atoms with van der Waals surface area (Å²) >= 11 is 6.74. The van der Waals surface area contributed by atoms with Crippen molar-refractivity contribution in [1.29, 1.82) is 0 Å². The minimum atomic E-state index is 0.00822. The molecule has 112 valence electrons. The maximum absolute atomic E-state index is 6.74. The molecule has 0 saturated carbocycles. The molecule has 0 aliphatic rings. The Labute approximate surface area is 132 Å². The Hall–Kier alpha value is -1.31. The van der Waals surface area contributed by atoms with Crippen LogP contribution in [0.15, 0.2) is 54.6 Å². The molecule has 0 aliphatic heterocycles. The van der Waals surface area contributed by atoms with Gasteiger partial charge in [-0.2, -0.15) is 0 Å². The lowest BCUT2D eigenvalue weighted by Crippen LogP contribution is -2.06. The van der Waals surface area contributed by atoms with E-state index in [1.807, 2.05) is 6.07 Å². The highest BCUT2D eigenvalue weighted by atomic mass is 35.5. The topological polar surface area (TPSA) is 9.23 Å². The largest absolute Gasteiger partial charge is 0.384 e. The molecule has 2 atom stereocenters. The van der Waals surface area contributed by atoms with Crippen LogP contribution in [-0.2, 0) is 11.2 Å². The Morgan fingerprint density at radius 3 is 2.19 bits per heavy atom. The lowest BCUT2D eigenvalue weighted by molar-refractivity contribution is 0.202. The third-order valence-electron chi connectivity index (χ3n) is 3.91. The number of benzene rings is 2. The molecule has 0 aromatic heterocycles. The highest BCUT2D eigenvalue weighted by Crippen LogP contribution is 2.38.